The summed E-state index contributed by atoms with van der Waals surface area (Å²) in [7, 11) is 1.83. The third-order valence-electron chi connectivity index (χ3n) is 2.66. The third-order valence-corrected chi connectivity index (χ3v) is 2.66. The van der Waals surface area contributed by atoms with Gasteiger partial charge in [0.2, 0.25) is 5.95 Å². The molecule has 0 bridgehead atoms. The predicted molar refractivity (Wildman–Crippen MR) is 68.9 cm³/mol. The fraction of sp³-hybridized carbons (Fsp3) is 0.667. The van der Waals surface area contributed by atoms with Crippen LogP contribution in [0.15, 0.2) is 6.07 Å². The molecule has 4 nitrogen and oxygen atoms in total. The van der Waals surface area contributed by atoms with Crippen LogP contribution >= 0.6 is 0 Å². The highest BCUT2D eigenvalue weighted by Gasteiger charge is 2.11. The van der Waals surface area contributed by atoms with Crippen molar-refractivity contribution >= 4 is 11.8 Å². The van der Waals surface area contributed by atoms with Crippen molar-refractivity contribution in [2.75, 3.05) is 17.7 Å². The summed E-state index contributed by atoms with van der Waals surface area (Å²) in [6.07, 6.45) is 1.09. The van der Waals surface area contributed by atoms with Gasteiger partial charge in [-0.2, -0.15) is 4.98 Å². The van der Waals surface area contributed by atoms with Crippen molar-refractivity contribution in [1.29, 1.82) is 0 Å². The summed E-state index contributed by atoms with van der Waals surface area (Å²) in [4.78, 5) is 8.66. The lowest BCUT2D eigenvalue weighted by molar-refractivity contribution is 0.509. The Morgan fingerprint density at radius 1 is 1.31 bits per heavy atom. The molecule has 0 aliphatic heterocycles. The van der Waals surface area contributed by atoms with E-state index in [2.05, 4.69) is 41.4 Å². The Morgan fingerprint density at radius 3 is 2.50 bits per heavy atom. The molecule has 0 amide bonds. The minimum absolute atomic E-state index is 0.457. The van der Waals surface area contributed by atoms with Crippen molar-refractivity contribution in [3.63, 3.8) is 0 Å². The zero-order chi connectivity index (χ0) is 12.1. The molecule has 16 heavy (non-hydrogen) atoms. The second-order valence-corrected chi connectivity index (χ2v) is 4.37. The first kappa shape index (κ1) is 12.7. The second kappa shape index (κ2) is 5.68. The number of hydrogen-bond acceptors (Lipinski definition) is 4. The van der Waals surface area contributed by atoms with E-state index in [0.717, 1.165) is 17.9 Å². The quantitative estimate of drug-likeness (QED) is 0.804. The molecule has 0 aromatic carbocycles. The van der Waals surface area contributed by atoms with Crippen molar-refractivity contribution in [3.8, 4) is 0 Å². The largest absolute Gasteiger partial charge is 0.367 e. The van der Waals surface area contributed by atoms with E-state index in [4.69, 9.17) is 0 Å². The number of anilines is 2. The summed E-state index contributed by atoms with van der Waals surface area (Å²) in [6, 6.07) is 2.44. The average Bonchev–Trinajstić information content (AvgIpc) is 2.24. The standard InChI is InChI=1S/C12H22N4/c1-6-10(8(2)3)15-11-7-9(4)14-12(13-5)16-11/h7-8,10H,6H2,1-5H3,(H2,13,14,15,16). The van der Waals surface area contributed by atoms with Crippen LogP contribution in [0, 0.1) is 12.8 Å². The van der Waals surface area contributed by atoms with Crippen molar-refractivity contribution in [2.45, 2.75) is 40.2 Å². The maximum Gasteiger partial charge on any atom is 0.224 e. The van der Waals surface area contributed by atoms with Gasteiger partial charge >= 0.3 is 0 Å². The molecule has 1 heterocycles. The van der Waals surface area contributed by atoms with Crippen LogP contribution < -0.4 is 10.6 Å². The van der Waals surface area contributed by atoms with Crippen LogP contribution in [0.1, 0.15) is 32.9 Å². The maximum absolute atomic E-state index is 4.39. The van der Waals surface area contributed by atoms with Crippen molar-refractivity contribution in [1.82, 2.24) is 9.97 Å². The van der Waals surface area contributed by atoms with Crippen LogP contribution in [0.2, 0.25) is 0 Å². The van der Waals surface area contributed by atoms with Gasteiger partial charge in [-0.05, 0) is 19.3 Å². The van der Waals surface area contributed by atoms with Crippen LogP contribution in [0.4, 0.5) is 11.8 Å². The van der Waals surface area contributed by atoms with Gasteiger partial charge in [0.25, 0.3) is 0 Å². The van der Waals surface area contributed by atoms with E-state index in [1.807, 2.05) is 20.0 Å². The summed E-state index contributed by atoms with van der Waals surface area (Å²) < 4.78 is 0. The number of nitrogens with one attached hydrogen (secondary N) is 2. The lowest BCUT2D eigenvalue weighted by Crippen LogP contribution is -2.25. The summed E-state index contributed by atoms with van der Waals surface area (Å²) in [6.45, 7) is 8.59. The summed E-state index contributed by atoms with van der Waals surface area (Å²) in [5.74, 6) is 2.16. The Labute approximate surface area is 97.9 Å². The van der Waals surface area contributed by atoms with E-state index in [-0.39, 0.29) is 0 Å². The predicted octanol–water partition coefficient (Wildman–Crippen LogP) is 2.67. The molecule has 0 saturated heterocycles. The topological polar surface area (TPSA) is 49.8 Å². The van der Waals surface area contributed by atoms with Crippen molar-refractivity contribution in [2.24, 2.45) is 5.92 Å². The molecule has 0 radical (unpaired) electrons. The molecule has 0 fully saturated rings. The van der Waals surface area contributed by atoms with Crippen LogP contribution in [-0.2, 0) is 0 Å². The molecule has 0 aliphatic carbocycles. The van der Waals surface area contributed by atoms with Gasteiger partial charge in [-0.15, -0.1) is 0 Å². The highest BCUT2D eigenvalue weighted by atomic mass is 15.1. The Kier molecular flexibility index (Phi) is 4.52. The maximum atomic E-state index is 4.39. The minimum atomic E-state index is 0.457. The first-order valence-corrected chi connectivity index (χ1v) is 5.86. The fourth-order valence-electron chi connectivity index (χ4n) is 1.68. The molecule has 1 atom stereocenters. The van der Waals surface area contributed by atoms with E-state index >= 15 is 0 Å². The SMILES string of the molecule is CCC(Nc1cc(C)nc(NC)n1)C(C)C. The van der Waals surface area contributed by atoms with E-state index < -0.39 is 0 Å². The average molecular weight is 222 g/mol. The molecule has 0 spiro atoms. The van der Waals surface area contributed by atoms with Crippen LogP contribution in [0.25, 0.3) is 0 Å². The molecular formula is C12H22N4. The van der Waals surface area contributed by atoms with Crippen LogP contribution in [0.5, 0.6) is 0 Å². The zero-order valence-electron chi connectivity index (χ0n) is 10.8. The Balaban J connectivity index is 2.83. The van der Waals surface area contributed by atoms with Gasteiger partial charge in [0.15, 0.2) is 0 Å². The molecule has 1 rings (SSSR count). The van der Waals surface area contributed by atoms with Gasteiger partial charge in [0.05, 0.1) is 0 Å². The molecular weight excluding hydrogens is 200 g/mol. The van der Waals surface area contributed by atoms with Crippen molar-refractivity contribution < 1.29 is 0 Å². The normalized spacial score (nSPS) is 12.6. The van der Waals surface area contributed by atoms with Gasteiger partial charge in [-0.25, -0.2) is 4.98 Å². The number of rotatable bonds is 5. The highest BCUT2D eigenvalue weighted by Crippen LogP contribution is 2.15. The monoisotopic (exact) mass is 222 g/mol. The second-order valence-electron chi connectivity index (χ2n) is 4.37. The lowest BCUT2D eigenvalue weighted by atomic mass is 10.0. The zero-order valence-corrected chi connectivity index (χ0v) is 10.8. The number of aromatic nitrogens is 2. The van der Waals surface area contributed by atoms with E-state index in [9.17, 15) is 0 Å². The number of hydrogen-bond donors (Lipinski definition) is 2. The molecule has 4 heteroatoms. The van der Waals surface area contributed by atoms with Crippen molar-refractivity contribution in [3.05, 3.63) is 11.8 Å². The Bertz CT molecular complexity index is 336. The molecule has 0 saturated carbocycles. The Hall–Kier alpha value is -1.32. The van der Waals surface area contributed by atoms with Gasteiger partial charge in [-0.1, -0.05) is 20.8 Å². The third kappa shape index (κ3) is 3.36. The van der Waals surface area contributed by atoms with E-state index in [0.29, 0.717) is 17.9 Å². The molecule has 1 aromatic rings. The molecule has 0 aliphatic rings. The first-order chi connectivity index (χ1) is 7.56. The molecule has 1 aromatic heterocycles. The summed E-state index contributed by atoms with van der Waals surface area (Å²) >= 11 is 0. The van der Waals surface area contributed by atoms with Gasteiger partial charge < -0.3 is 10.6 Å². The molecule has 90 valence electrons. The number of nitrogens with zero attached hydrogens (tertiary/aromatic N) is 2. The summed E-state index contributed by atoms with van der Waals surface area (Å²) in [5, 5.41) is 6.42. The minimum Gasteiger partial charge on any atom is -0.367 e. The first-order valence-electron chi connectivity index (χ1n) is 5.86. The smallest absolute Gasteiger partial charge is 0.224 e. The van der Waals surface area contributed by atoms with E-state index in [1.165, 1.54) is 0 Å². The van der Waals surface area contributed by atoms with E-state index in [1.54, 1.807) is 0 Å². The molecule has 1 unspecified atom stereocenters. The fourth-order valence-corrected chi connectivity index (χ4v) is 1.68. The van der Waals surface area contributed by atoms with Gasteiger partial charge in [0.1, 0.15) is 5.82 Å². The van der Waals surface area contributed by atoms with Gasteiger partial charge in [0, 0.05) is 24.8 Å². The lowest BCUT2D eigenvalue weighted by Gasteiger charge is -2.21. The summed E-state index contributed by atoms with van der Waals surface area (Å²) in [5.41, 5.74) is 0.973. The highest BCUT2D eigenvalue weighted by molar-refractivity contribution is 5.42. The number of aryl methyl sites for hydroxylation is 1. The van der Waals surface area contributed by atoms with Crippen LogP contribution in [-0.4, -0.2) is 23.1 Å². The Morgan fingerprint density at radius 2 is 2.00 bits per heavy atom. The van der Waals surface area contributed by atoms with Gasteiger partial charge in [-0.3, -0.25) is 0 Å². The van der Waals surface area contributed by atoms with Crippen LogP contribution in [0.3, 0.4) is 0 Å². The molecule has 2 N–H and O–H groups in total.